The molecule has 0 bridgehead atoms. The van der Waals surface area contributed by atoms with Crippen LogP contribution in [0, 0.1) is 0 Å². The van der Waals surface area contributed by atoms with Gasteiger partial charge in [-0.2, -0.15) is 0 Å². The summed E-state index contributed by atoms with van der Waals surface area (Å²) in [6.07, 6.45) is -0.964. The molecule has 98 valence electrons. The number of hydrogen-bond donors (Lipinski definition) is 2. The molecule has 0 fully saturated rings. The Balaban J connectivity index is 2.19. The molecule has 0 spiro atoms. The maximum Gasteiger partial charge on any atom is 0.404 e. The van der Waals surface area contributed by atoms with Crippen molar-refractivity contribution in [3.63, 3.8) is 0 Å². The molecule has 1 aromatic rings. The van der Waals surface area contributed by atoms with Crippen LogP contribution in [0.15, 0.2) is 24.3 Å². The van der Waals surface area contributed by atoms with Gasteiger partial charge in [0.05, 0.1) is 0 Å². The topological polar surface area (TPSA) is 52.6 Å². The molecule has 1 aromatic carbocycles. The van der Waals surface area contributed by atoms with Gasteiger partial charge in [-0.05, 0) is 18.6 Å². The molecule has 1 unspecified atom stereocenters. The third kappa shape index (κ3) is 2.28. The summed E-state index contributed by atoms with van der Waals surface area (Å²) in [6, 6.07) is 8.52. The van der Waals surface area contributed by atoms with E-state index >= 15 is 0 Å². The van der Waals surface area contributed by atoms with Crippen molar-refractivity contribution in [3.8, 4) is 0 Å². The number of fused-ring (bicyclic) bond motifs is 1. The highest BCUT2D eigenvalue weighted by atomic mass is 16.4. The maximum atomic E-state index is 10.6. The molecular weight excluding hydrogens is 228 g/mol. The minimum Gasteiger partial charge on any atom is -0.465 e. The van der Waals surface area contributed by atoms with E-state index in [9.17, 15) is 4.79 Å². The minimum absolute atomic E-state index is 0.119. The lowest BCUT2D eigenvalue weighted by atomic mass is 9.87. The van der Waals surface area contributed by atoms with Crippen molar-refractivity contribution in [1.29, 1.82) is 0 Å². The number of nitrogens with zero attached hydrogens (tertiary/aromatic N) is 1. The number of rotatable bonds is 3. The van der Waals surface area contributed by atoms with Crippen LogP contribution in [0.3, 0.4) is 0 Å². The van der Waals surface area contributed by atoms with E-state index in [1.807, 2.05) is 13.0 Å². The number of anilines is 1. The first-order valence-electron chi connectivity index (χ1n) is 6.25. The van der Waals surface area contributed by atoms with Crippen molar-refractivity contribution < 1.29 is 9.90 Å². The normalized spacial score (nSPS) is 18.3. The zero-order valence-electron chi connectivity index (χ0n) is 11.1. The lowest BCUT2D eigenvalue weighted by molar-refractivity contribution is 0.193. The van der Waals surface area contributed by atoms with Gasteiger partial charge in [-0.3, -0.25) is 0 Å². The van der Waals surface area contributed by atoms with Gasteiger partial charge in [0.25, 0.3) is 0 Å². The van der Waals surface area contributed by atoms with E-state index in [0.29, 0.717) is 6.54 Å². The Morgan fingerprint density at radius 1 is 1.50 bits per heavy atom. The third-order valence-corrected chi connectivity index (χ3v) is 3.59. The van der Waals surface area contributed by atoms with Crippen molar-refractivity contribution in [3.05, 3.63) is 29.8 Å². The second-order valence-corrected chi connectivity index (χ2v) is 5.56. The van der Waals surface area contributed by atoms with E-state index in [2.05, 4.69) is 42.3 Å². The number of para-hydroxylation sites is 1. The number of carboxylic acid groups (broad SMARTS) is 1. The SMILES string of the molecule is CC(CNC(=O)O)N1CC(C)(C)c2ccccc21. The molecule has 0 saturated heterocycles. The smallest absolute Gasteiger partial charge is 0.404 e. The van der Waals surface area contributed by atoms with Gasteiger partial charge in [0.1, 0.15) is 0 Å². The maximum absolute atomic E-state index is 10.6. The molecule has 1 aliphatic heterocycles. The van der Waals surface area contributed by atoms with Gasteiger partial charge >= 0.3 is 6.09 Å². The van der Waals surface area contributed by atoms with E-state index < -0.39 is 6.09 Å². The Bertz CT molecular complexity index is 457. The fourth-order valence-electron chi connectivity index (χ4n) is 2.63. The number of hydrogen-bond acceptors (Lipinski definition) is 2. The summed E-state index contributed by atoms with van der Waals surface area (Å²) in [5.41, 5.74) is 2.68. The molecule has 1 amide bonds. The van der Waals surface area contributed by atoms with Crippen LogP contribution in [0.5, 0.6) is 0 Å². The van der Waals surface area contributed by atoms with Crippen molar-refractivity contribution in [2.45, 2.75) is 32.2 Å². The van der Waals surface area contributed by atoms with E-state index in [1.165, 1.54) is 11.3 Å². The zero-order chi connectivity index (χ0) is 13.3. The molecule has 1 heterocycles. The van der Waals surface area contributed by atoms with Gasteiger partial charge in [-0.1, -0.05) is 32.0 Å². The molecule has 2 N–H and O–H groups in total. The number of nitrogens with one attached hydrogen (secondary N) is 1. The Hall–Kier alpha value is -1.71. The molecule has 2 rings (SSSR count). The molecule has 18 heavy (non-hydrogen) atoms. The van der Waals surface area contributed by atoms with Gasteiger partial charge in [-0.15, -0.1) is 0 Å². The van der Waals surface area contributed by atoms with Crippen LogP contribution in [-0.4, -0.2) is 30.3 Å². The predicted molar refractivity (Wildman–Crippen MR) is 72.3 cm³/mol. The fraction of sp³-hybridized carbons (Fsp3) is 0.500. The lowest BCUT2D eigenvalue weighted by Crippen LogP contribution is -2.43. The van der Waals surface area contributed by atoms with Gasteiger partial charge in [0.15, 0.2) is 0 Å². The first-order valence-corrected chi connectivity index (χ1v) is 6.25. The summed E-state index contributed by atoms with van der Waals surface area (Å²) in [5, 5.41) is 11.1. The summed E-state index contributed by atoms with van der Waals surface area (Å²) in [7, 11) is 0. The Morgan fingerprint density at radius 2 is 2.17 bits per heavy atom. The van der Waals surface area contributed by atoms with Crippen LogP contribution < -0.4 is 10.2 Å². The van der Waals surface area contributed by atoms with E-state index in [-0.39, 0.29) is 11.5 Å². The minimum atomic E-state index is -0.964. The number of carbonyl (C=O) groups is 1. The molecule has 1 atom stereocenters. The van der Waals surface area contributed by atoms with Crippen LogP contribution in [-0.2, 0) is 5.41 Å². The highest BCUT2D eigenvalue weighted by Crippen LogP contribution is 2.40. The standard InChI is InChI=1S/C14H20N2O2/c1-10(8-15-13(17)18)16-9-14(2,3)11-6-4-5-7-12(11)16/h4-7,10,15H,8-9H2,1-3H3,(H,17,18). The Morgan fingerprint density at radius 3 is 2.83 bits per heavy atom. The third-order valence-electron chi connectivity index (χ3n) is 3.59. The zero-order valence-corrected chi connectivity index (χ0v) is 11.1. The molecule has 0 aliphatic carbocycles. The molecular formula is C14H20N2O2. The average molecular weight is 248 g/mol. The van der Waals surface area contributed by atoms with Crippen LogP contribution >= 0.6 is 0 Å². The van der Waals surface area contributed by atoms with E-state index in [1.54, 1.807) is 0 Å². The highest BCUT2D eigenvalue weighted by Gasteiger charge is 2.36. The Labute approximate surface area is 108 Å². The summed E-state index contributed by atoms with van der Waals surface area (Å²) in [4.78, 5) is 12.8. The van der Waals surface area contributed by atoms with Crippen LogP contribution in [0.25, 0.3) is 0 Å². The summed E-state index contributed by atoms with van der Waals surface area (Å²) in [6.45, 7) is 7.87. The average Bonchev–Trinajstić information content (AvgIpc) is 2.59. The van der Waals surface area contributed by atoms with Gasteiger partial charge in [0.2, 0.25) is 0 Å². The monoisotopic (exact) mass is 248 g/mol. The first kappa shape index (κ1) is 12.7. The fourth-order valence-corrected chi connectivity index (χ4v) is 2.63. The predicted octanol–water partition coefficient (Wildman–Crippen LogP) is 2.44. The molecule has 0 saturated carbocycles. The van der Waals surface area contributed by atoms with Gasteiger partial charge < -0.3 is 15.3 Å². The van der Waals surface area contributed by atoms with Crippen LogP contribution in [0.4, 0.5) is 10.5 Å². The number of benzene rings is 1. The van der Waals surface area contributed by atoms with Crippen molar-refractivity contribution >= 4 is 11.8 Å². The first-order chi connectivity index (χ1) is 8.42. The quantitative estimate of drug-likeness (QED) is 0.864. The molecule has 4 heteroatoms. The summed E-state index contributed by atoms with van der Waals surface area (Å²) < 4.78 is 0. The van der Waals surface area contributed by atoms with Crippen LogP contribution in [0.2, 0.25) is 0 Å². The van der Waals surface area contributed by atoms with Crippen molar-refractivity contribution in [2.24, 2.45) is 0 Å². The molecule has 1 aliphatic rings. The second-order valence-electron chi connectivity index (χ2n) is 5.56. The summed E-state index contributed by atoms with van der Waals surface area (Å²) >= 11 is 0. The second kappa shape index (κ2) is 4.52. The van der Waals surface area contributed by atoms with Gasteiger partial charge in [-0.25, -0.2) is 4.79 Å². The van der Waals surface area contributed by atoms with Crippen molar-refractivity contribution in [1.82, 2.24) is 5.32 Å². The van der Waals surface area contributed by atoms with Gasteiger partial charge in [0, 0.05) is 30.2 Å². The Kier molecular flexibility index (Phi) is 3.20. The van der Waals surface area contributed by atoms with E-state index in [4.69, 9.17) is 5.11 Å². The molecule has 4 nitrogen and oxygen atoms in total. The lowest BCUT2D eigenvalue weighted by Gasteiger charge is -2.28. The molecule has 0 radical (unpaired) electrons. The van der Waals surface area contributed by atoms with Crippen molar-refractivity contribution in [2.75, 3.05) is 18.0 Å². The van der Waals surface area contributed by atoms with E-state index in [0.717, 1.165) is 6.54 Å². The molecule has 0 aromatic heterocycles. The van der Waals surface area contributed by atoms with Crippen LogP contribution in [0.1, 0.15) is 26.3 Å². The highest BCUT2D eigenvalue weighted by molar-refractivity contribution is 5.65. The summed E-state index contributed by atoms with van der Waals surface area (Å²) in [5.74, 6) is 0. The largest absolute Gasteiger partial charge is 0.465 e. The number of amides is 1.